The van der Waals surface area contributed by atoms with Gasteiger partial charge in [-0.2, -0.15) is 0 Å². The van der Waals surface area contributed by atoms with Crippen molar-refractivity contribution in [2.24, 2.45) is 0 Å². The average Bonchev–Trinajstić information content (AvgIpc) is 2.35. The first-order valence-corrected chi connectivity index (χ1v) is 6.58. The Morgan fingerprint density at radius 3 is 2.94 bits per heavy atom. The molecule has 0 amide bonds. The molecule has 2 atom stereocenters. The molecular formula is C14H23N3. The lowest BCUT2D eigenvalue weighted by Crippen LogP contribution is -2.54. The third-order valence-electron chi connectivity index (χ3n) is 3.63. The van der Waals surface area contributed by atoms with Crippen LogP contribution in [0, 0.1) is 6.92 Å². The molecule has 1 aromatic heterocycles. The molecule has 1 saturated heterocycles. The van der Waals surface area contributed by atoms with E-state index >= 15 is 0 Å². The third kappa shape index (κ3) is 3.27. The number of pyridine rings is 1. The smallest absolute Gasteiger partial charge is 0.0372 e. The number of nitrogens with one attached hydrogen (secondary N) is 1. The van der Waals surface area contributed by atoms with E-state index in [1.165, 1.54) is 12.0 Å². The summed E-state index contributed by atoms with van der Waals surface area (Å²) < 4.78 is 0. The van der Waals surface area contributed by atoms with E-state index in [-0.39, 0.29) is 0 Å². The Balaban J connectivity index is 1.98. The van der Waals surface area contributed by atoms with E-state index in [0.29, 0.717) is 12.1 Å². The highest BCUT2D eigenvalue weighted by molar-refractivity contribution is 5.13. The topological polar surface area (TPSA) is 28.2 Å². The highest BCUT2D eigenvalue weighted by Gasteiger charge is 2.23. The van der Waals surface area contributed by atoms with Gasteiger partial charge < -0.3 is 5.32 Å². The van der Waals surface area contributed by atoms with Crippen molar-refractivity contribution < 1.29 is 0 Å². The quantitative estimate of drug-likeness (QED) is 0.865. The molecule has 94 valence electrons. The average molecular weight is 233 g/mol. The number of hydrogen-bond donors (Lipinski definition) is 1. The van der Waals surface area contributed by atoms with Gasteiger partial charge in [0.15, 0.2) is 0 Å². The lowest BCUT2D eigenvalue weighted by Gasteiger charge is -2.38. The fourth-order valence-electron chi connectivity index (χ4n) is 2.31. The minimum Gasteiger partial charge on any atom is -0.311 e. The van der Waals surface area contributed by atoms with Gasteiger partial charge in [-0.1, -0.05) is 13.0 Å². The molecule has 1 fully saturated rings. The second kappa shape index (κ2) is 5.61. The zero-order valence-corrected chi connectivity index (χ0v) is 11.1. The van der Waals surface area contributed by atoms with Crippen LogP contribution in [0.2, 0.25) is 0 Å². The van der Waals surface area contributed by atoms with Crippen LogP contribution in [0.1, 0.15) is 31.5 Å². The molecule has 2 rings (SSSR count). The maximum absolute atomic E-state index is 4.37. The summed E-state index contributed by atoms with van der Waals surface area (Å²) in [7, 11) is 0. The first-order chi connectivity index (χ1) is 8.19. The molecule has 0 radical (unpaired) electrons. The first kappa shape index (κ1) is 12.5. The highest BCUT2D eigenvalue weighted by Crippen LogP contribution is 2.13. The Hall–Kier alpha value is -0.930. The van der Waals surface area contributed by atoms with Crippen LogP contribution in [0.5, 0.6) is 0 Å². The van der Waals surface area contributed by atoms with Crippen LogP contribution >= 0.6 is 0 Å². The predicted octanol–water partition coefficient (Wildman–Crippen LogP) is 1.96. The fraction of sp³-hybridized carbons (Fsp3) is 0.643. The predicted molar refractivity (Wildman–Crippen MR) is 70.9 cm³/mol. The maximum atomic E-state index is 4.37. The Morgan fingerprint density at radius 2 is 2.29 bits per heavy atom. The first-order valence-electron chi connectivity index (χ1n) is 6.58. The zero-order chi connectivity index (χ0) is 12.3. The summed E-state index contributed by atoms with van der Waals surface area (Å²) in [4.78, 5) is 6.92. The van der Waals surface area contributed by atoms with Crippen molar-refractivity contribution in [2.75, 3.05) is 13.1 Å². The second-order valence-corrected chi connectivity index (χ2v) is 5.10. The molecule has 3 nitrogen and oxygen atoms in total. The van der Waals surface area contributed by atoms with Gasteiger partial charge in [0.05, 0.1) is 0 Å². The number of rotatable bonds is 3. The SMILES string of the molecule is CCC1CN(Cc2ccc(C)nc2)C(C)CN1. The summed E-state index contributed by atoms with van der Waals surface area (Å²) in [5, 5.41) is 3.59. The third-order valence-corrected chi connectivity index (χ3v) is 3.63. The molecule has 0 spiro atoms. The summed E-state index contributed by atoms with van der Waals surface area (Å²) in [6, 6.07) is 5.54. The van der Waals surface area contributed by atoms with Crippen LogP contribution in [0.15, 0.2) is 18.3 Å². The van der Waals surface area contributed by atoms with Crippen LogP contribution in [-0.4, -0.2) is 35.1 Å². The lowest BCUT2D eigenvalue weighted by molar-refractivity contribution is 0.131. The van der Waals surface area contributed by atoms with Crippen molar-refractivity contribution in [1.29, 1.82) is 0 Å². The van der Waals surface area contributed by atoms with Crippen LogP contribution in [0.3, 0.4) is 0 Å². The summed E-state index contributed by atoms with van der Waals surface area (Å²) in [5.41, 5.74) is 2.41. The molecular weight excluding hydrogens is 210 g/mol. The van der Waals surface area contributed by atoms with E-state index in [2.05, 4.69) is 41.2 Å². The van der Waals surface area contributed by atoms with E-state index in [4.69, 9.17) is 0 Å². The lowest BCUT2D eigenvalue weighted by atomic mass is 10.1. The number of aromatic nitrogens is 1. The Morgan fingerprint density at radius 1 is 1.47 bits per heavy atom. The molecule has 0 saturated carbocycles. The van der Waals surface area contributed by atoms with Crippen molar-refractivity contribution in [3.8, 4) is 0 Å². The Kier molecular flexibility index (Phi) is 4.13. The van der Waals surface area contributed by atoms with Gasteiger partial charge in [0.25, 0.3) is 0 Å². The number of hydrogen-bond acceptors (Lipinski definition) is 3. The largest absolute Gasteiger partial charge is 0.311 e. The summed E-state index contributed by atoms with van der Waals surface area (Å²) in [6.07, 6.45) is 3.21. The van der Waals surface area contributed by atoms with Gasteiger partial charge in [-0.15, -0.1) is 0 Å². The van der Waals surface area contributed by atoms with Crippen molar-refractivity contribution >= 4 is 0 Å². The molecule has 1 aliphatic rings. The van der Waals surface area contributed by atoms with Gasteiger partial charge in [-0.05, 0) is 31.9 Å². The zero-order valence-electron chi connectivity index (χ0n) is 11.1. The summed E-state index contributed by atoms with van der Waals surface area (Å²) in [5.74, 6) is 0. The molecule has 17 heavy (non-hydrogen) atoms. The van der Waals surface area contributed by atoms with Crippen molar-refractivity contribution in [1.82, 2.24) is 15.2 Å². The minimum atomic E-state index is 0.610. The van der Waals surface area contributed by atoms with Crippen molar-refractivity contribution in [3.05, 3.63) is 29.6 Å². The summed E-state index contributed by atoms with van der Waals surface area (Å²) in [6.45, 7) is 9.83. The van der Waals surface area contributed by atoms with Crippen LogP contribution in [0.25, 0.3) is 0 Å². The molecule has 1 aromatic rings. The number of piperazine rings is 1. The van der Waals surface area contributed by atoms with Gasteiger partial charge in [0, 0.05) is 43.6 Å². The standard InChI is InChI=1S/C14H23N3/c1-4-14-10-17(12(3)7-16-14)9-13-6-5-11(2)15-8-13/h5-6,8,12,14,16H,4,7,9-10H2,1-3H3. The number of aryl methyl sites for hydroxylation is 1. The van der Waals surface area contributed by atoms with Gasteiger partial charge in [0.2, 0.25) is 0 Å². The van der Waals surface area contributed by atoms with Crippen molar-refractivity contribution in [2.45, 2.75) is 45.8 Å². The van der Waals surface area contributed by atoms with E-state index < -0.39 is 0 Å². The van der Waals surface area contributed by atoms with Crippen LogP contribution in [0.4, 0.5) is 0 Å². The van der Waals surface area contributed by atoms with E-state index in [0.717, 1.165) is 25.3 Å². The van der Waals surface area contributed by atoms with Crippen molar-refractivity contribution in [3.63, 3.8) is 0 Å². The molecule has 2 unspecified atom stereocenters. The van der Waals surface area contributed by atoms with E-state index in [9.17, 15) is 0 Å². The van der Waals surface area contributed by atoms with E-state index in [1.54, 1.807) is 0 Å². The van der Waals surface area contributed by atoms with Gasteiger partial charge >= 0.3 is 0 Å². The van der Waals surface area contributed by atoms with Crippen LogP contribution in [-0.2, 0) is 6.54 Å². The van der Waals surface area contributed by atoms with Gasteiger partial charge in [-0.25, -0.2) is 0 Å². The Bertz CT molecular complexity index is 347. The van der Waals surface area contributed by atoms with Crippen LogP contribution < -0.4 is 5.32 Å². The molecule has 0 aliphatic carbocycles. The maximum Gasteiger partial charge on any atom is 0.0372 e. The normalized spacial score (nSPS) is 26.1. The minimum absolute atomic E-state index is 0.610. The molecule has 1 N–H and O–H groups in total. The number of nitrogens with zero attached hydrogens (tertiary/aromatic N) is 2. The highest BCUT2D eigenvalue weighted by atomic mass is 15.2. The monoisotopic (exact) mass is 233 g/mol. The van der Waals surface area contributed by atoms with Gasteiger partial charge in [-0.3, -0.25) is 9.88 Å². The molecule has 0 bridgehead atoms. The van der Waals surface area contributed by atoms with Gasteiger partial charge in [0.1, 0.15) is 0 Å². The molecule has 1 aliphatic heterocycles. The Labute approximate surface area is 104 Å². The molecule has 2 heterocycles. The molecule has 3 heteroatoms. The van der Waals surface area contributed by atoms with E-state index in [1.807, 2.05) is 13.1 Å². The summed E-state index contributed by atoms with van der Waals surface area (Å²) >= 11 is 0. The fourth-order valence-corrected chi connectivity index (χ4v) is 2.31. The second-order valence-electron chi connectivity index (χ2n) is 5.10. The molecule has 0 aromatic carbocycles.